The average Bonchev–Trinajstić information content (AvgIpc) is 2.69. The van der Waals surface area contributed by atoms with Crippen molar-refractivity contribution in [1.82, 2.24) is 5.32 Å². The van der Waals surface area contributed by atoms with Crippen molar-refractivity contribution in [2.45, 2.75) is 11.7 Å². The van der Waals surface area contributed by atoms with Crippen molar-refractivity contribution < 1.29 is 19.8 Å². The van der Waals surface area contributed by atoms with E-state index in [9.17, 15) is 14.7 Å². The third-order valence-corrected chi connectivity index (χ3v) is 3.43. The second-order valence-electron chi connectivity index (χ2n) is 3.94. The fraction of sp³-hybridized carbons (Fsp3) is 0.167. The lowest BCUT2D eigenvalue weighted by Crippen LogP contribution is -2.26. The van der Waals surface area contributed by atoms with Gasteiger partial charge in [0.25, 0.3) is 0 Å². The lowest BCUT2D eigenvalue weighted by molar-refractivity contribution is -0.138. The van der Waals surface area contributed by atoms with E-state index in [1.165, 1.54) is 18.3 Å². The van der Waals surface area contributed by atoms with Crippen LogP contribution in [0.2, 0.25) is 0 Å². The summed E-state index contributed by atoms with van der Waals surface area (Å²) in [5, 5.41) is 27.5. The molecule has 1 aromatic rings. The van der Waals surface area contributed by atoms with Crippen molar-refractivity contribution in [2.24, 2.45) is 10.2 Å². The van der Waals surface area contributed by atoms with Crippen molar-refractivity contribution in [3.63, 3.8) is 0 Å². The van der Waals surface area contributed by atoms with Crippen molar-refractivity contribution in [3.8, 4) is 5.75 Å². The smallest absolute Gasteiger partial charge is 0.305 e. The highest BCUT2D eigenvalue weighted by Gasteiger charge is 2.32. The Kier molecular flexibility index (Phi) is 4.36. The Hall–Kier alpha value is -2.35. The van der Waals surface area contributed by atoms with Crippen LogP contribution in [0.1, 0.15) is 12.0 Å². The zero-order valence-corrected chi connectivity index (χ0v) is 11.0. The summed E-state index contributed by atoms with van der Waals surface area (Å²) in [7, 11) is 0. The first-order valence-electron chi connectivity index (χ1n) is 5.64. The van der Waals surface area contributed by atoms with Gasteiger partial charge in [-0.2, -0.15) is 5.10 Å². The van der Waals surface area contributed by atoms with Crippen LogP contribution in [-0.4, -0.2) is 38.7 Å². The highest BCUT2D eigenvalue weighted by atomic mass is 32.2. The largest absolute Gasteiger partial charge is 0.508 e. The Morgan fingerprint density at radius 1 is 1.50 bits per heavy atom. The van der Waals surface area contributed by atoms with Crippen LogP contribution >= 0.6 is 11.8 Å². The first kappa shape index (κ1) is 14.1. The van der Waals surface area contributed by atoms with Gasteiger partial charge >= 0.3 is 5.97 Å². The summed E-state index contributed by atoms with van der Waals surface area (Å²) in [6, 6.07) is 6.44. The van der Waals surface area contributed by atoms with Crippen LogP contribution < -0.4 is 5.32 Å². The molecule has 104 valence electrons. The van der Waals surface area contributed by atoms with E-state index in [4.69, 9.17) is 5.11 Å². The van der Waals surface area contributed by atoms with Crippen LogP contribution in [0.5, 0.6) is 5.75 Å². The molecule has 1 atom stereocenters. The Bertz CT molecular complexity index is 600. The van der Waals surface area contributed by atoms with Crippen LogP contribution in [0.3, 0.4) is 0 Å². The van der Waals surface area contributed by atoms with E-state index in [0.717, 1.165) is 11.8 Å². The van der Waals surface area contributed by atoms with E-state index in [1.54, 1.807) is 12.1 Å². The number of phenolic OH excluding ortho intramolecular Hbond substituents is 1. The fourth-order valence-electron chi connectivity index (χ4n) is 1.50. The summed E-state index contributed by atoms with van der Waals surface area (Å²) >= 11 is 1.03. The number of carboxylic acid groups (broad SMARTS) is 1. The molecule has 1 fully saturated rings. The molecular formula is C12H11N3O4S. The Morgan fingerprint density at radius 2 is 2.30 bits per heavy atom. The molecule has 1 heterocycles. The van der Waals surface area contributed by atoms with Crippen LogP contribution in [0.15, 0.2) is 34.5 Å². The van der Waals surface area contributed by atoms with E-state index in [0.29, 0.717) is 5.56 Å². The molecule has 1 amide bonds. The van der Waals surface area contributed by atoms with E-state index >= 15 is 0 Å². The van der Waals surface area contributed by atoms with Crippen molar-refractivity contribution in [3.05, 3.63) is 29.8 Å². The van der Waals surface area contributed by atoms with Crippen molar-refractivity contribution in [2.75, 3.05) is 0 Å². The zero-order valence-electron chi connectivity index (χ0n) is 10.2. The molecule has 8 heteroatoms. The number of nitrogens with zero attached hydrogens (tertiary/aromatic N) is 2. The van der Waals surface area contributed by atoms with Gasteiger partial charge in [-0.15, -0.1) is 5.10 Å². The third-order valence-electron chi connectivity index (χ3n) is 2.36. The Labute approximate surface area is 118 Å². The molecular weight excluding hydrogens is 282 g/mol. The molecule has 1 unspecified atom stereocenters. The number of amidine groups is 1. The van der Waals surface area contributed by atoms with Crippen molar-refractivity contribution >= 4 is 35.0 Å². The van der Waals surface area contributed by atoms with Crippen LogP contribution in [0, 0.1) is 0 Å². The number of aliphatic carboxylic acids is 1. The molecule has 0 bridgehead atoms. The van der Waals surface area contributed by atoms with Gasteiger partial charge < -0.3 is 15.5 Å². The minimum absolute atomic E-state index is 0.117. The van der Waals surface area contributed by atoms with Gasteiger partial charge in [0.05, 0.1) is 12.6 Å². The third kappa shape index (κ3) is 3.82. The van der Waals surface area contributed by atoms with Gasteiger partial charge in [-0.3, -0.25) is 9.59 Å². The minimum atomic E-state index is -1.04. The van der Waals surface area contributed by atoms with E-state index in [-0.39, 0.29) is 23.2 Å². The second-order valence-corrected chi connectivity index (χ2v) is 5.13. The number of carbonyl (C=O) groups excluding carboxylic acids is 1. The maximum Gasteiger partial charge on any atom is 0.305 e. The predicted molar refractivity (Wildman–Crippen MR) is 74.9 cm³/mol. The summed E-state index contributed by atoms with van der Waals surface area (Å²) in [5.74, 6) is -1.31. The molecule has 1 aliphatic rings. The van der Waals surface area contributed by atoms with Gasteiger partial charge in [-0.25, -0.2) is 0 Å². The molecule has 2 rings (SSSR count). The van der Waals surface area contributed by atoms with Gasteiger partial charge in [0.15, 0.2) is 5.17 Å². The van der Waals surface area contributed by atoms with E-state index in [1.807, 2.05) is 0 Å². The number of thioether (sulfide) groups is 1. The zero-order chi connectivity index (χ0) is 14.5. The first-order valence-corrected chi connectivity index (χ1v) is 6.52. The van der Waals surface area contributed by atoms with E-state index < -0.39 is 11.2 Å². The van der Waals surface area contributed by atoms with E-state index in [2.05, 4.69) is 15.5 Å². The van der Waals surface area contributed by atoms with Crippen molar-refractivity contribution in [1.29, 1.82) is 0 Å². The number of amides is 1. The maximum atomic E-state index is 11.4. The van der Waals surface area contributed by atoms with Gasteiger partial charge in [0.2, 0.25) is 5.91 Å². The number of hydrogen-bond acceptors (Lipinski definition) is 6. The average molecular weight is 293 g/mol. The molecule has 0 aromatic heterocycles. The summed E-state index contributed by atoms with van der Waals surface area (Å²) in [5.41, 5.74) is 0.658. The highest BCUT2D eigenvalue weighted by Crippen LogP contribution is 2.22. The molecule has 7 nitrogen and oxygen atoms in total. The number of nitrogens with one attached hydrogen (secondary N) is 1. The highest BCUT2D eigenvalue weighted by molar-refractivity contribution is 8.15. The number of carboxylic acids is 1. The molecule has 0 spiro atoms. The Morgan fingerprint density at radius 3 is 3.00 bits per heavy atom. The molecule has 3 N–H and O–H groups in total. The van der Waals surface area contributed by atoms with Gasteiger partial charge in [0, 0.05) is 0 Å². The second kappa shape index (κ2) is 6.20. The molecule has 0 aliphatic carbocycles. The van der Waals surface area contributed by atoms with Gasteiger partial charge in [0.1, 0.15) is 11.0 Å². The maximum absolute atomic E-state index is 11.4. The SMILES string of the molecule is O=C(O)CC1S/C(=N/N=C/c2cccc(O)c2)NC1=O. The number of benzene rings is 1. The van der Waals surface area contributed by atoms with Crippen LogP contribution in [0.25, 0.3) is 0 Å². The molecule has 0 saturated carbocycles. The summed E-state index contributed by atoms with van der Waals surface area (Å²) in [6.45, 7) is 0. The molecule has 1 saturated heterocycles. The first-order chi connectivity index (χ1) is 9.54. The monoisotopic (exact) mass is 293 g/mol. The molecule has 0 radical (unpaired) electrons. The lowest BCUT2D eigenvalue weighted by atomic mass is 10.2. The minimum Gasteiger partial charge on any atom is -0.508 e. The van der Waals surface area contributed by atoms with Crippen LogP contribution in [0.4, 0.5) is 0 Å². The Balaban J connectivity index is 1.99. The quantitative estimate of drug-likeness (QED) is 0.561. The number of carbonyl (C=O) groups is 2. The number of aromatic hydroxyl groups is 1. The van der Waals surface area contributed by atoms with Gasteiger partial charge in [-0.1, -0.05) is 23.9 Å². The number of hydrogen-bond donors (Lipinski definition) is 3. The molecule has 1 aliphatic heterocycles. The lowest BCUT2D eigenvalue weighted by Gasteiger charge is -1.97. The summed E-state index contributed by atoms with van der Waals surface area (Å²) in [4.78, 5) is 22.0. The topological polar surface area (TPSA) is 111 Å². The number of phenols is 1. The summed E-state index contributed by atoms with van der Waals surface area (Å²) in [6.07, 6.45) is 1.16. The van der Waals surface area contributed by atoms with Crippen LogP contribution in [-0.2, 0) is 9.59 Å². The summed E-state index contributed by atoms with van der Waals surface area (Å²) < 4.78 is 0. The predicted octanol–water partition coefficient (Wildman–Crippen LogP) is 0.788. The van der Waals surface area contributed by atoms with Gasteiger partial charge in [-0.05, 0) is 17.7 Å². The standard InChI is InChI=1S/C12H11N3O4S/c16-8-3-1-2-7(4-8)6-13-15-12-14-11(19)9(20-12)5-10(17)18/h1-4,6,9,16H,5H2,(H,17,18)(H,14,15,19)/b13-6+. The fourth-order valence-corrected chi connectivity index (χ4v) is 2.41. The number of rotatable bonds is 4. The molecule has 20 heavy (non-hydrogen) atoms. The normalized spacial score (nSPS) is 20.5. The molecule has 1 aromatic carbocycles.